The third-order valence-corrected chi connectivity index (χ3v) is 6.43. The second kappa shape index (κ2) is 13.7. The van der Waals surface area contributed by atoms with Crippen molar-refractivity contribution in [2.24, 2.45) is 5.73 Å². The van der Waals surface area contributed by atoms with Crippen LogP contribution in [0.3, 0.4) is 0 Å². The average molecular weight is 525 g/mol. The first-order chi connectivity index (χ1) is 17.0. The van der Waals surface area contributed by atoms with Gasteiger partial charge in [-0.2, -0.15) is 11.8 Å². The number of phenols is 1. The Labute approximate surface area is 212 Å². The number of hydrogen-bond donors (Lipinski definition) is 6. The predicted molar refractivity (Wildman–Crippen MR) is 131 cm³/mol. The summed E-state index contributed by atoms with van der Waals surface area (Å²) in [5.41, 5.74) is 6.28. The van der Waals surface area contributed by atoms with Gasteiger partial charge in [0, 0.05) is 13.0 Å². The Hall–Kier alpha value is -3.32. The molecule has 198 valence electrons. The molecule has 1 saturated heterocycles. The summed E-state index contributed by atoms with van der Waals surface area (Å²) in [6.45, 7) is 0.236. The molecule has 4 atom stereocenters. The average Bonchev–Trinajstić information content (AvgIpc) is 3.31. The summed E-state index contributed by atoms with van der Waals surface area (Å²) in [5, 5.41) is 33.0. The lowest BCUT2D eigenvalue weighted by atomic mass is 10.0. The molecule has 1 aliphatic heterocycles. The van der Waals surface area contributed by atoms with Crippen LogP contribution < -0.4 is 16.4 Å². The monoisotopic (exact) mass is 524 g/mol. The van der Waals surface area contributed by atoms with Crippen molar-refractivity contribution in [2.75, 3.05) is 18.6 Å². The van der Waals surface area contributed by atoms with E-state index in [1.807, 2.05) is 6.26 Å². The first kappa shape index (κ1) is 28.9. The van der Waals surface area contributed by atoms with Gasteiger partial charge >= 0.3 is 11.9 Å². The van der Waals surface area contributed by atoms with Crippen LogP contribution in [0.5, 0.6) is 5.75 Å². The maximum Gasteiger partial charge on any atom is 0.326 e. The minimum absolute atomic E-state index is 0.0258. The summed E-state index contributed by atoms with van der Waals surface area (Å²) in [5.74, 6) is -3.88. The van der Waals surface area contributed by atoms with Gasteiger partial charge < -0.3 is 36.6 Å². The summed E-state index contributed by atoms with van der Waals surface area (Å²) >= 11 is 1.44. The molecule has 0 aliphatic carbocycles. The summed E-state index contributed by atoms with van der Waals surface area (Å²) in [7, 11) is 0. The normalized spacial score (nSPS) is 17.6. The Morgan fingerprint density at radius 3 is 2.36 bits per heavy atom. The molecular weight excluding hydrogens is 492 g/mol. The highest BCUT2D eigenvalue weighted by Gasteiger charge is 2.38. The molecule has 13 heteroatoms. The Morgan fingerprint density at radius 1 is 1.11 bits per heavy atom. The second-order valence-corrected chi connectivity index (χ2v) is 9.49. The number of phenolic OH excluding ortho intramolecular Hbond substituents is 1. The number of benzene rings is 1. The van der Waals surface area contributed by atoms with E-state index in [4.69, 9.17) is 10.8 Å². The third kappa shape index (κ3) is 8.41. The highest BCUT2D eigenvalue weighted by molar-refractivity contribution is 7.98. The van der Waals surface area contributed by atoms with Gasteiger partial charge in [0.1, 0.15) is 23.9 Å². The maximum atomic E-state index is 13.0. The van der Waals surface area contributed by atoms with Gasteiger partial charge in [0.15, 0.2) is 0 Å². The molecule has 36 heavy (non-hydrogen) atoms. The molecule has 1 fully saturated rings. The van der Waals surface area contributed by atoms with E-state index in [1.54, 1.807) is 12.1 Å². The van der Waals surface area contributed by atoms with Crippen LogP contribution in [0.25, 0.3) is 0 Å². The van der Waals surface area contributed by atoms with Crippen LogP contribution in [0.15, 0.2) is 24.3 Å². The molecule has 1 aliphatic rings. The van der Waals surface area contributed by atoms with Gasteiger partial charge in [0.05, 0.1) is 12.5 Å². The molecule has 0 aromatic heterocycles. The zero-order valence-electron chi connectivity index (χ0n) is 19.9. The topological polar surface area (TPSA) is 199 Å². The number of hydrogen-bond acceptors (Lipinski definition) is 8. The van der Waals surface area contributed by atoms with Crippen molar-refractivity contribution >= 4 is 41.4 Å². The number of rotatable bonds is 13. The largest absolute Gasteiger partial charge is 0.508 e. The second-order valence-electron chi connectivity index (χ2n) is 8.51. The highest BCUT2D eigenvalue weighted by atomic mass is 32.2. The fourth-order valence-electron chi connectivity index (χ4n) is 3.90. The van der Waals surface area contributed by atoms with Crippen LogP contribution in [0.2, 0.25) is 0 Å². The van der Waals surface area contributed by atoms with Gasteiger partial charge in [-0.15, -0.1) is 0 Å². The van der Waals surface area contributed by atoms with Crippen molar-refractivity contribution in [3.05, 3.63) is 29.8 Å². The van der Waals surface area contributed by atoms with E-state index in [0.29, 0.717) is 24.2 Å². The van der Waals surface area contributed by atoms with Gasteiger partial charge in [0.2, 0.25) is 17.7 Å². The van der Waals surface area contributed by atoms with Gasteiger partial charge in [-0.05, 0) is 49.0 Å². The fraction of sp³-hybridized carbons (Fsp3) is 0.522. The van der Waals surface area contributed by atoms with E-state index in [1.165, 1.54) is 28.8 Å². The summed E-state index contributed by atoms with van der Waals surface area (Å²) in [4.78, 5) is 62.5. The molecule has 12 nitrogen and oxygen atoms in total. The van der Waals surface area contributed by atoms with Crippen molar-refractivity contribution in [3.8, 4) is 5.75 Å². The number of nitrogens with one attached hydrogen (secondary N) is 2. The van der Waals surface area contributed by atoms with Crippen LogP contribution in [-0.4, -0.2) is 92.6 Å². The third-order valence-electron chi connectivity index (χ3n) is 5.78. The van der Waals surface area contributed by atoms with Crippen LogP contribution in [0.4, 0.5) is 0 Å². The van der Waals surface area contributed by atoms with Crippen molar-refractivity contribution in [1.82, 2.24) is 15.5 Å². The zero-order valence-corrected chi connectivity index (χ0v) is 20.7. The number of nitrogens with two attached hydrogens (primary N) is 1. The van der Waals surface area contributed by atoms with Gasteiger partial charge in [-0.3, -0.25) is 19.2 Å². The molecule has 1 aromatic rings. The van der Waals surface area contributed by atoms with Crippen LogP contribution >= 0.6 is 11.8 Å². The molecule has 1 heterocycles. The van der Waals surface area contributed by atoms with Crippen molar-refractivity contribution in [1.29, 1.82) is 0 Å². The number of carbonyl (C=O) groups is 5. The number of carbonyl (C=O) groups excluding carboxylic acids is 3. The van der Waals surface area contributed by atoms with Gasteiger partial charge in [-0.1, -0.05) is 12.1 Å². The van der Waals surface area contributed by atoms with Crippen molar-refractivity contribution < 1.29 is 39.3 Å². The van der Waals surface area contributed by atoms with Gasteiger partial charge in [-0.25, -0.2) is 4.79 Å². The summed E-state index contributed by atoms with van der Waals surface area (Å²) in [6, 6.07) is 1.41. The fourth-order valence-corrected chi connectivity index (χ4v) is 4.38. The molecule has 2 rings (SSSR count). The Bertz CT molecular complexity index is 958. The van der Waals surface area contributed by atoms with Crippen LogP contribution in [-0.2, 0) is 30.4 Å². The van der Waals surface area contributed by atoms with E-state index >= 15 is 0 Å². The van der Waals surface area contributed by atoms with E-state index in [9.17, 15) is 34.2 Å². The molecule has 1 aromatic carbocycles. The molecule has 0 radical (unpaired) electrons. The number of nitrogens with zero attached hydrogens (tertiary/aromatic N) is 1. The first-order valence-electron chi connectivity index (χ1n) is 11.4. The minimum atomic E-state index is -1.29. The van der Waals surface area contributed by atoms with Crippen LogP contribution in [0, 0.1) is 0 Å². The lowest BCUT2D eigenvalue weighted by molar-refractivity contribution is -0.144. The molecule has 3 amide bonds. The number of aromatic hydroxyl groups is 1. The quantitative estimate of drug-likeness (QED) is 0.196. The van der Waals surface area contributed by atoms with E-state index in [0.717, 1.165) is 0 Å². The summed E-state index contributed by atoms with van der Waals surface area (Å²) in [6.07, 6.45) is 2.29. The Morgan fingerprint density at radius 2 is 1.78 bits per heavy atom. The smallest absolute Gasteiger partial charge is 0.326 e. The molecule has 0 bridgehead atoms. The zero-order chi connectivity index (χ0) is 26.8. The first-order valence-corrected chi connectivity index (χ1v) is 12.8. The molecule has 0 saturated carbocycles. The van der Waals surface area contributed by atoms with E-state index in [2.05, 4.69) is 10.6 Å². The van der Waals surface area contributed by atoms with Crippen molar-refractivity contribution in [3.63, 3.8) is 0 Å². The Kier molecular flexibility index (Phi) is 11.0. The minimum Gasteiger partial charge on any atom is -0.508 e. The number of carboxylic acids is 2. The standard InChI is InChI=1S/C23H32N4O8S/c1-36-10-8-16(20(31)26-17(23(34)35)11-13-4-6-14(28)7-5-13)25-21(32)18-3-2-9-27(18)22(33)15(24)12-19(29)30/h4-7,15-18,28H,2-3,8-12,24H2,1H3,(H,25,32)(H,26,31)(H,29,30)(H,34,35). The predicted octanol–water partition coefficient (Wildman–Crippen LogP) is -0.465. The lowest BCUT2D eigenvalue weighted by Crippen LogP contribution is -2.57. The molecular formula is C23H32N4O8S. The van der Waals surface area contributed by atoms with Crippen LogP contribution in [0.1, 0.15) is 31.2 Å². The summed E-state index contributed by atoms with van der Waals surface area (Å²) < 4.78 is 0. The Balaban J connectivity index is 2.10. The number of likely N-dealkylation sites (tertiary alicyclic amines) is 1. The highest BCUT2D eigenvalue weighted by Crippen LogP contribution is 2.19. The lowest BCUT2D eigenvalue weighted by Gasteiger charge is -2.28. The number of aliphatic carboxylic acids is 2. The SMILES string of the molecule is CSCCC(NC(=O)C1CCCN1C(=O)C(N)CC(=O)O)C(=O)NC(Cc1ccc(O)cc1)C(=O)O. The molecule has 7 N–H and O–H groups in total. The number of carboxylic acid groups (broad SMARTS) is 2. The number of thioether (sulfide) groups is 1. The van der Waals surface area contributed by atoms with E-state index in [-0.39, 0.29) is 25.1 Å². The van der Waals surface area contributed by atoms with E-state index < -0.39 is 60.2 Å². The molecule has 0 spiro atoms. The molecule has 4 unspecified atom stereocenters. The van der Waals surface area contributed by atoms with Crippen molar-refractivity contribution in [2.45, 2.75) is 56.3 Å². The van der Waals surface area contributed by atoms with Gasteiger partial charge in [0.25, 0.3) is 0 Å². The number of amides is 3. The maximum absolute atomic E-state index is 13.0.